The number of ether oxygens (including phenoxy) is 1. The van der Waals surface area contributed by atoms with Crippen LogP contribution in [-0.4, -0.2) is 22.8 Å². The molecule has 1 aromatic rings. The number of carbonyl (C=O) groups is 1. The zero-order chi connectivity index (χ0) is 13.2. The molecule has 0 spiro atoms. The second-order valence-corrected chi connectivity index (χ2v) is 5.13. The molecule has 1 amide bonds. The van der Waals surface area contributed by atoms with Gasteiger partial charge in [0, 0.05) is 24.7 Å². The van der Waals surface area contributed by atoms with Crippen molar-refractivity contribution in [1.82, 2.24) is 15.1 Å². The topological polar surface area (TPSA) is 56.1 Å². The van der Waals surface area contributed by atoms with Gasteiger partial charge in [-0.2, -0.15) is 0 Å². The minimum Gasteiger partial charge on any atom is -0.480 e. The predicted molar refractivity (Wildman–Crippen MR) is 65.8 cm³/mol. The fraction of sp³-hybridized carbons (Fsp3) is 0.667. The predicted octanol–water partition coefficient (Wildman–Crippen LogP) is 1.40. The van der Waals surface area contributed by atoms with E-state index in [1.165, 1.54) is 0 Å². The van der Waals surface area contributed by atoms with Gasteiger partial charge in [0.2, 0.25) is 11.8 Å². The largest absolute Gasteiger partial charge is 0.480 e. The van der Waals surface area contributed by atoms with Crippen LogP contribution in [0.5, 0.6) is 5.88 Å². The van der Waals surface area contributed by atoms with Gasteiger partial charge in [-0.25, -0.2) is 0 Å². The molecule has 0 aliphatic rings. The average Bonchev–Trinajstić information content (AvgIpc) is 2.50. The molecule has 5 nitrogen and oxygen atoms in total. The number of hydrogen-bond donors (Lipinski definition) is 1. The minimum atomic E-state index is -0.386. The van der Waals surface area contributed by atoms with Crippen LogP contribution < -0.4 is 10.1 Å². The van der Waals surface area contributed by atoms with Gasteiger partial charge in [-0.15, -0.1) is 5.10 Å². The lowest BCUT2D eigenvalue weighted by Gasteiger charge is -2.17. The molecule has 0 atom stereocenters. The second-order valence-electron chi connectivity index (χ2n) is 5.13. The molecule has 0 radical (unpaired) electrons. The molecule has 0 unspecified atom stereocenters. The van der Waals surface area contributed by atoms with Gasteiger partial charge >= 0.3 is 0 Å². The maximum atomic E-state index is 11.8. The Hall–Kier alpha value is -1.52. The maximum Gasteiger partial charge on any atom is 0.237 e. The smallest absolute Gasteiger partial charge is 0.237 e. The van der Waals surface area contributed by atoms with Crippen LogP contribution in [0, 0.1) is 12.3 Å². The van der Waals surface area contributed by atoms with Crippen molar-refractivity contribution in [2.24, 2.45) is 12.5 Å². The van der Waals surface area contributed by atoms with Crippen molar-refractivity contribution in [3.8, 4) is 5.88 Å². The van der Waals surface area contributed by atoms with Crippen molar-refractivity contribution >= 4 is 5.91 Å². The van der Waals surface area contributed by atoms with Crippen LogP contribution in [0.4, 0.5) is 0 Å². The highest BCUT2D eigenvalue weighted by atomic mass is 16.5. The summed E-state index contributed by atoms with van der Waals surface area (Å²) >= 11 is 0. The van der Waals surface area contributed by atoms with E-state index in [0.717, 1.165) is 11.3 Å². The Bertz CT molecular complexity index is 416. The average molecular weight is 239 g/mol. The molecular weight excluding hydrogens is 218 g/mol. The first-order valence-corrected chi connectivity index (χ1v) is 5.62. The summed E-state index contributed by atoms with van der Waals surface area (Å²) in [6.07, 6.45) is 0. The molecule has 0 aliphatic carbocycles. The van der Waals surface area contributed by atoms with Crippen molar-refractivity contribution in [1.29, 1.82) is 0 Å². The Morgan fingerprint density at radius 1 is 1.47 bits per heavy atom. The van der Waals surface area contributed by atoms with Crippen molar-refractivity contribution in [2.75, 3.05) is 7.11 Å². The van der Waals surface area contributed by atoms with E-state index >= 15 is 0 Å². The fourth-order valence-corrected chi connectivity index (χ4v) is 1.42. The van der Waals surface area contributed by atoms with E-state index in [4.69, 9.17) is 4.74 Å². The number of aromatic nitrogens is 2. The lowest BCUT2D eigenvalue weighted by atomic mass is 9.95. The first-order chi connectivity index (χ1) is 7.77. The molecule has 0 aromatic carbocycles. The fourth-order valence-electron chi connectivity index (χ4n) is 1.42. The standard InChI is InChI=1S/C12H21N3O2/c1-8-9(10(17-6)14-15(8)5)7-13-11(16)12(2,3)4/h7H2,1-6H3,(H,13,16). The molecule has 0 saturated carbocycles. The Morgan fingerprint density at radius 3 is 2.53 bits per heavy atom. The molecule has 17 heavy (non-hydrogen) atoms. The highest BCUT2D eigenvalue weighted by molar-refractivity contribution is 5.81. The summed E-state index contributed by atoms with van der Waals surface area (Å²) in [5.74, 6) is 0.585. The summed E-state index contributed by atoms with van der Waals surface area (Å²) in [7, 11) is 3.43. The Labute approximate surface area is 102 Å². The quantitative estimate of drug-likeness (QED) is 0.867. The van der Waals surface area contributed by atoms with Crippen molar-refractivity contribution < 1.29 is 9.53 Å². The summed E-state index contributed by atoms with van der Waals surface area (Å²) in [5, 5.41) is 7.11. The number of nitrogens with one attached hydrogen (secondary N) is 1. The number of amides is 1. The number of aryl methyl sites for hydroxylation is 1. The summed E-state index contributed by atoms with van der Waals surface area (Å²) in [4.78, 5) is 11.8. The third-order valence-corrected chi connectivity index (χ3v) is 2.72. The van der Waals surface area contributed by atoms with Crippen molar-refractivity contribution in [3.63, 3.8) is 0 Å². The Balaban J connectivity index is 2.79. The lowest BCUT2D eigenvalue weighted by molar-refractivity contribution is -0.128. The van der Waals surface area contributed by atoms with Crippen LogP contribution in [0.25, 0.3) is 0 Å². The molecule has 5 heteroatoms. The second kappa shape index (κ2) is 4.77. The third kappa shape index (κ3) is 2.99. The van der Waals surface area contributed by atoms with Gasteiger partial charge in [-0.3, -0.25) is 9.48 Å². The van der Waals surface area contributed by atoms with Crippen LogP contribution >= 0.6 is 0 Å². The van der Waals surface area contributed by atoms with Crippen molar-refractivity contribution in [2.45, 2.75) is 34.2 Å². The monoisotopic (exact) mass is 239 g/mol. The molecule has 96 valence electrons. The Morgan fingerprint density at radius 2 is 2.06 bits per heavy atom. The van der Waals surface area contributed by atoms with Gasteiger partial charge in [0.25, 0.3) is 0 Å². The van der Waals surface area contributed by atoms with Gasteiger partial charge < -0.3 is 10.1 Å². The molecule has 1 rings (SSSR count). The first-order valence-electron chi connectivity index (χ1n) is 5.62. The molecule has 0 aliphatic heterocycles. The Kier molecular flexibility index (Phi) is 3.80. The van der Waals surface area contributed by atoms with E-state index in [0.29, 0.717) is 12.4 Å². The van der Waals surface area contributed by atoms with E-state index in [1.807, 2.05) is 34.7 Å². The normalized spacial score (nSPS) is 11.4. The van der Waals surface area contributed by atoms with Gasteiger partial charge in [0.05, 0.1) is 12.7 Å². The molecule has 0 fully saturated rings. The zero-order valence-electron chi connectivity index (χ0n) is 11.4. The number of methoxy groups -OCH3 is 1. The molecule has 0 bridgehead atoms. The number of hydrogen-bond acceptors (Lipinski definition) is 3. The first kappa shape index (κ1) is 13.5. The van der Waals surface area contributed by atoms with Gasteiger partial charge in [-0.1, -0.05) is 20.8 Å². The molecule has 0 saturated heterocycles. The number of carbonyl (C=O) groups excluding carboxylic acids is 1. The molecular formula is C12H21N3O2. The highest BCUT2D eigenvalue weighted by Crippen LogP contribution is 2.20. The summed E-state index contributed by atoms with van der Waals surface area (Å²) < 4.78 is 6.93. The molecule has 1 heterocycles. The highest BCUT2D eigenvalue weighted by Gasteiger charge is 2.22. The van der Waals surface area contributed by atoms with E-state index in [-0.39, 0.29) is 11.3 Å². The summed E-state index contributed by atoms with van der Waals surface area (Å²) in [6, 6.07) is 0. The van der Waals surface area contributed by atoms with E-state index in [9.17, 15) is 4.79 Å². The van der Waals surface area contributed by atoms with Gasteiger partial charge in [0.1, 0.15) is 0 Å². The van der Waals surface area contributed by atoms with Crippen LogP contribution in [-0.2, 0) is 18.4 Å². The van der Waals surface area contributed by atoms with Crippen molar-refractivity contribution in [3.05, 3.63) is 11.3 Å². The lowest BCUT2D eigenvalue weighted by Crippen LogP contribution is -2.34. The van der Waals surface area contributed by atoms with E-state index in [1.54, 1.807) is 11.8 Å². The maximum absolute atomic E-state index is 11.8. The number of nitrogens with zero attached hydrogens (tertiary/aromatic N) is 2. The van der Waals surface area contributed by atoms with E-state index in [2.05, 4.69) is 10.4 Å². The minimum absolute atomic E-state index is 0.0165. The van der Waals surface area contributed by atoms with Gasteiger partial charge in [-0.05, 0) is 6.92 Å². The van der Waals surface area contributed by atoms with Crippen LogP contribution in [0.2, 0.25) is 0 Å². The molecule has 1 N–H and O–H groups in total. The molecule has 1 aromatic heterocycles. The third-order valence-electron chi connectivity index (χ3n) is 2.72. The van der Waals surface area contributed by atoms with Crippen LogP contribution in [0.1, 0.15) is 32.0 Å². The van der Waals surface area contributed by atoms with Gasteiger partial charge in [0.15, 0.2) is 0 Å². The SMILES string of the molecule is COc1nn(C)c(C)c1CNC(=O)C(C)(C)C. The summed E-state index contributed by atoms with van der Waals surface area (Å²) in [6.45, 7) is 8.05. The van der Waals surface area contributed by atoms with Crippen LogP contribution in [0.15, 0.2) is 0 Å². The number of rotatable bonds is 3. The van der Waals surface area contributed by atoms with E-state index < -0.39 is 0 Å². The summed E-state index contributed by atoms with van der Waals surface area (Å²) in [5.41, 5.74) is 1.53. The van der Waals surface area contributed by atoms with Crippen LogP contribution in [0.3, 0.4) is 0 Å². The zero-order valence-corrected chi connectivity index (χ0v) is 11.4.